The van der Waals surface area contributed by atoms with Crippen molar-refractivity contribution >= 4 is 33.5 Å². The quantitative estimate of drug-likeness (QED) is 0.631. The highest BCUT2D eigenvalue weighted by molar-refractivity contribution is 8.00. The minimum absolute atomic E-state index is 0.0178. The molecule has 0 spiro atoms. The normalized spacial score (nSPS) is 22.2. The van der Waals surface area contributed by atoms with Crippen molar-refractivity contribution in [1.82, 2.24) is 20.1 Å². The lowest BCUT2D eigenvalue weighted by molar-refractivity contribution is -0.120. The summed E-state index contributed by atoms with van der Waals surface area (Å²) in [5.41, 5.74) is 0. The fourth-order valence-electron chi connectivity index (χ4n) is 3.83. The van der Waals surface area contributed by atoms with E-state index >= 15 is 0 Å². The maximum Gasteiger partial charge on any atom is 0.233 e. The Hall–Kier alpha value is -2.01. The van der Waals surface area contributed by atoms with E-state index in [0.29, 0.717) is 18.1 Å². The van der Waals surface area contributed by atoms with E-state index in [4.69, 9.17) is 4.42 Å². The first-order valence-electron chi connectivity index (χ1n) is 10.3. The van der Waals surface area contributed by atoms with Crippen LogP contribution in [0.1, 0.15) is 38.4 Å². The van der Waals surface area contributed by atoms with Crippen LogP contribution in [0.2, 0.25) is 0 Å². The average molecular weight is 454 g/mol. The molecule has 4 rings (SSSR count). The van der Waals surface area contributed by atoms with Crippen LogP contribution in [0.15, 0.2) is 28.0 Å². The van der Waals surface area contributed by atoms with E-state index in [1.807, 2.05) is 16.7 Å². The summed E-state index contributed by atoms with van der Waals surface area (Å²) in [7, 11) is -3.03. The first kappa shape index (κ1) is 21.2. The number of amides is 1. The monoisotopic (exact) mass is 453 g/mol. The summed E-state index contributed by atoms with van der Waals surface area (Å²) in [4.78, 5) is 14.9. The summed E-state index contributed by atoms with van der Waals surface area (Å²) in [6.07, 6.45) is 5.58. The second-order valence-electron chi connectivity index (χ2n) is 7.86. The molecule has 2 unspecified atom stereocenters. The molecule has 4 heterocycles. The molecular formula is C19H27N5O4S2. The maximum atomic E-state index is 12.6. The summed E-state index contributed by atoms with van der Waals surface area (Å²) < 4.78 is 30.8. The molecule has 2 fully saturated rings. The van der Waals surface area contributed by atoms with Crippen LogP contribution in [0.4, 0.5) is 5.95 Å². The van der Waals surface area contributed by atoms with Gasteiger partial charge in [-0.15, -0.1) is 10.2 Å². The predicted octanol–water partition coefficient (Wildman–Crippen LogP) is 1.69. The molecule has 2 saturated heterocycles. The van der Waals surface area contributed by atoms with Gasteiger partial charge in [0.25, 0.3) is 0 Å². The first-order chi connectivity index (χ1) is 14.4. The summed E-state index contributed by atoms with van der Waals surface area (Å²) >= 11 is 1.33. The van der Waals surface area contributed by atoms with Crippen LogP contribution >= 0.6 is 11.8 Å². The van der Waals surface area contributed by atoms with Crippen molar-refractivity contribution in [3.05, 3.63) is 24.2 Å². The number of thioether (sulfide) groups is 1. The number of carbonyl (C=O) groups is 1. The number of nitrogens with one attached hydrogen (secondary N) is 1. The minimum atomic E-state index is -3.03. The number of anilines is 1. The Kier molecular flexibility index (Phi) is 6.37. The van der Waals surface area contributed by atoms with E-state index in [-0.39, 0.29) is 23.5 Å². The van der Waals surface area contributed by atoms with Gasteiger partial charge in [-0.1, -0.05) is 11.8 Å². The zero-order valence-corrected chi connectivity index (χ0v) is 18.6. The minimum Gasteiger partial charge on any atom is -0.467 e. The molecule has 164 valence electrons. The van der Waals surface area contributed by atoms with E-state index in [2.05, 4.69) is 20.4 Å². The molecule has 9 nitrogen and oxygen atoms in total. The van der Waals surface area contributed by atoms with Gasteiger partial charge in [-0.3, -0.25) is 9.36 Å². The number of rotatable bonds is 7. The van der Waals surface area contributed by atoms with Gasteiger partial charge >= 0.3 is 0 Å². The standard InChI is InChI=1S/C19H27N5O4S2/c1-14(17(25)20-15-7-11-30(26,27)13-15)29-19-22-21-18(23-8-3-2-4-9-23)24(19)12-16-6-5-10-28-16/h5-6,10,14-15H,2-4,7-9,11-13H2,1H3,(H,20,25). The Labute approximate surface area is 180 Å². The Bertz CT molecular complexity index is 967. The van der Waals surface area contributed by atoms with Crippen molar-refractivity contribution < 1.29 is 17.6 Å². The highest BCUT2D eigenvalue weighted by atomic mass is 32.2. The number of sulfone groups is 1. The van der Waals surface area contributed by atoms with Gasteiger partial charge in [0.15, 0.2) is 15.0 Å². The molecule has 2 aliphatic rings. The van der Waals surface area contributed by atoms with Crippen LogP contribution < -0.4 is 10.2 Å². The Balaban J connectivity index is 1.48. The van der Waals surface area contributed by atoms with Crippen molar-refractivity contribution in [3.8, 4) is 0 Å². The third kappa shape index (κ3) is 5.00. The van der Waals surface area contributed by atoms with Crippen LogP contribution in [0, 0.1) is 0 Å². The molecular weight excluding hydrogens is 426 g/mol. The lowest BCUT2D eigenvalue weighted by Gasteiger charge is -2.27. The van der Waals surface area contributed by atoms with E-state index in [1.54, 1.807) is 13.2 Å². The van der Waals surface area contributed by atoms with E-state index in [0.717, 1.165) is 37.6 Å². The second-order valence-corrected chi connectivity index (χ2v) is 11.4. The number of piperidine rings is 1. The van der Waals surface area contributed by atoms with Crippen LogP contribution in [-0.2, 0) is 21.2 Å². The summed E-state index contributed by atoms with van der Waals surface area (Å²) in [6.45, 7) is 4.17. The fraction of sp³-hybridized carbons (Fsp3) is 0.632. The maximum absolute atomic E-state index is 12.6. The van der Waals surface area contributed by atoms with Crippen LogP contribution in [-0.4, -0.2) is 65.0 Å². The summed E-state index contributed by atoms with van der Waals surface area (Å²) in [5, 5.41) is 11.9. The summed E-state index contributed by atoms with van der Waals surface area (Å²) in [5.74, 6) is 1.56. The van der Waals surface area contributed by atoms with Gasteiger partial charge in [0, 0.05) is 19.1 Å². The number of nitrogens with zero attached hydrogens (tertiary/aromatic N) is 4. The van der Waals surface area contributed by atoms with Crippen LogP contribution in [0.25, 0.3) is 0 Å². The topological polar surface area (TPSA) is 110 Å². The second kappa shape index (κ2) is 9.01. The largest absolute Gasteiger partial charge is 0.467 e. The molecule has 2 atom stereocenters. The summed E-state index contributed by atoms with van der Waals surface area (Å²) in [6, 6.07) is 3.44. The zero-order chi connectivity index (χ0) is 21.1. The highest BCUT2D eigenvalue weighted by Gasteiger charge is 2.31. The molecule has 0 radical (unpaired) electrons. The van der Waals surface area contributed by atoms with Crippen molar-refractivity contribution in [2.45, 2.75) is 55.6 Å². The molecule has 30 heavy (non-hydrogen) atoms. The van der Waals surface area contributed by atoms with Gasteiger partial charge in [0.1, 0.15) is 5.76 Å². The van der Waals surface area contributed by atoms with Crippen LogP contribution in [0.5, 0.6) is 0 Å². The predicted molar refractivity (Wildman–Crippen MR) is 114 cm³/mol. The number of furan rings is 1. The lowest BCUT2D eigenvalue weighted by Crippen LogP contribution is -2.40. The lowest BCUT2D eigenvalue weighted by atomic mass is 10.1. The third-order valence-corrected chi connectivity index (χ3v) is 8.31. The van der Waals surface area contributed by atoms with Gasteiger partial charge in [-0.25, -0.2) is 8.42 Å². The molecule has 0 saturated carbocycles. The Morgan fingerprint density at radius 2 is 2.13 bits per heavy atom. The molecule has 1 N–H and O–H groups in total. The molecule has 0 bridgehead atoms. The van der Waals surface area contributed by atoms with Gasteiger partial charge in [0.05, 0.1) is 29.6 Å². The number of hydrogen-bond acceptors (Lipinski definition) is 8. The molecule has 2 aromatic rings. The van der Waals surface area contributed by atoms with Crippen molar-refractivity contribution in [2.24, 2.45) is 0 Å². The molecule has 2 aliphatic heterocycles. The Morgan fingerprint density at radius 1 is 1.33 bits per heavy atom. The zero-order valence-electron chi connectivity index (χ0n) is 17.0. The molecule has 0 aliphatic carbocycles. The SMILES string of the molecule is CC(Sc1nnc(N2CCCCC2)n1Cc1ccco1)C(=O)NC1CCS(=O)(=O)C1. The number of hydrogen-bond donors (Lipinski definition) is 1. The molecule has 1 amide bonds. The third-order valence-electron chi connectivity index (χ3n) is 5.46. The number of carbonyl (C=O) groups excluding carboxylic acids is 1. The van der Waals surface area contributed by atoms with Gasteiger partial charge in [0.2, 0.25) is 11.9 Å². The highest BCUT2D eigenvalue weighted by Crippen LogP contribution is 2.28. The Morgan fingerprint density at radius 3 is 2.80 bits per heavy atom. The van der Waals surface area contributed by atoms with E-state index in [9.17, 15) is 13.2 Å². The molecule has 2 aromatic heterocycles. The number of aromatic nitrogens is 3. The average Bonchev–Trinajstić information content (AvgIpc) is 3.44. The smallest absolute Gasteiger partial charge is 0.233 e. The van der Waals surface area contributed by atoms with Crippen LogP contribution in [0.3, 0.4) is 0 Å². The van der Waals surface area contributed by atoms with Crippen molar-refractivity contribution in [2.75, 3.05) is 29.5 Å². The van der Waals surface area contributed by atoms with Gasteiger partial charge in [-0.05, 0) is 44.7 Å². The first-order valence-corrected chi connectivity index (χ1v) is 13.0. The van der Waals surface area contributed by atoms with Gasteiger partial charge < -0.3 is 14.6 Å². The molecule has 0 aromatic carbocycles. The van der Waals surface area contributed by atoms with E-state index < -0.39 is 15.1 Å². The van der Waals surface area contributed by atoms with Crippen molar-refractivity contribution in [1.29, 1.82) is 0 Å². The fourth-order valence-corrected chi connectivity index (χ4v) is 6.36. The molecule has 11 heteroatoms. The van der Waals surface area contributed by atoms with E-state index in [1.165, 1.54) is 18.2 Å². The van der Waals surface area contributed by atoms with Crippen molar-refractivity contribution in [3.63, 3.8) is 0 Å². The van der Waals surface area contributed by atoms with Gasteiger partial charge in [-0.2, -0.15) is 0 Å².